The summed E-state index contributed by atoms with van der Waals surface area (Å²) in [6.07, 6.45) is 7.92. The number of nitrogens with one attached hydrogen (secondary N) is 1. The van der Waals surface area contributed by atoms with Crippen molar-refractivity contribution in [3.05, 3.63) is 54.5 Å². The topological polar surface area (TPSA) is 86.1 Å². The number of pyridine rings is 1. The lowest BCUT2D eigenvalue weighted by Gasteiger charge is -2.15. The van der Waals surface area contributed by atoms with Crippen molar-refractivity contribution in [2.45, 2.75) is 44.9 Å². The van der Waals surface area contributed by atoms with E-state index in [0.717, 1.165) is 29.4 Å². The molecule has 0 spiro atoms. The van der Waals surface area contributed by atoms with Crippen molar-refractivity contribution in [1.82, 2.24) is 19.3 Å². The Morgan fingerprint density at radius 2 is 1.93 bits per heavy atom. The lowest BCUT2D eigenvalue weighted by atomic mass is 10.2. The molecule has 2 heterocycles. The van der Waals surface area contributed by atoms with Crippen LogP contribution in [0.25, 0.3) is 11.0 Å². The first-order chi connectivity index (χ1) is 13.6. The van der Waals surface area contributed by atoms with Gasteiger partial charge in [-0.15, -0.1) is 0 Å². The van der Waals surface area contributed by atoms with Crippen LogP contribution in [-0.4, -0.2) is 34.8 Å². The summed E-state index contributed by atoms with van der Waals surface area (Å²) in [7, 11) is -3.45. The number of sulfonamides is 1. The Morgan fingerprint density at radius 3 is 2.79 bits per heavy atom. The number of nitrogens with zero attached hydrogens (tertiary/aromatic N) is 3. The standard InChI is InChI=1S/C20H24N4O3S/c25-28(26,13-12-24-15-22-18-9-3-4-10-19(18)24)23-14-16-6-5-11-21-20(16)27-17-7-1-2-8-17/h3-6,9-11,15,17,23H,1-2,7-8,12-14H2. The van der Waals surface area contributed by atoms with Crippen molar-refractivity contribution in [2.75, 3.05) is 5.75 Å². The minimum absolute atomic E-state index is 0.0214. The normalized spacial score (nSPS) is 15.3. The van der Waals surface area contributed by atoms with Crippen molar-refractivity contribution >= 4 is 21.1 Å². The first kappa shape index (κ1) is 18.9. The molecule has 0 radical (unpaired) electrons. The molecule has 1 aliphatic rings. The Kier molecular flexibility index (Phi) is 5.59. The van der Waals surface area contributed by atoms with Gasteiger partial charge in [-0.25, -0.2) is 23.1 Å². The zero-order chi connectivity index (χ0) is 19.4. The van der Waals surface area contributed by atoms with E-state index in [9.17, 15) is 8.42 Å². The summed E-state index contributed by atoms with van der Waals surface area (Å²) in [5, 5.41) is 0. The first-order valence-corrected chi connectivity index (χ1v) is 11.2. The van der Waals surface area contributed by atoms with Crippen LogP contribution >= 0.6 is 0 Å². The van der Waals surface area contributed by atoms with Crippen molar-refractivity contribution in [2.24, 2.45) is 0 Å². The molecule has 1 fully saturated rings. The monoisotopic (exact) mass is 400 g/mol. The van der Waals surface area contributed by atoms with Crippen LogP contribution in [0.4, 0.5) is 0 Å². The SMILES string of the molecule is O=S(=O)(CCn1cnc2ccccc21)NCc1cccnc1OC1CCCC1. The van der Waals surface area contributed by atoms with Gasteiger partial charge in [-0.05, 0) is 43.9 Å². The van der Waals surface area contributed by atoms with Gasteiger partial charge in [0.2, 0.25) is 15.9 Å². The molecule has 1 aliphatic carbocycles. The number of benzene rings is 1. The molecular weight excluding hydrogens is 376 g/mol. The van der Waals surface area contributed by atoms with E-state index in [1.165, 1.54) is 12.8 Å². The van der Waals surface area contributed by atoms with Gasteiger partial charge in [0.15, 0.2) is 0 Å². The van der Waals surface area contributed by atoms with Crippen molar-refractivity contribution in [1.29, 1.82) is 0 Å². The average molecular weight is 401 g/mol. The lowest BCUT2D eigenvalue weighted by Crippen LogP contribution is -2.28. The molecule has 0 saturated heterocycles. The molecule has 4 rings (SSSR count). The molecule has 1 N–H and O–H groups in total. The van der Waals surface area contributed by atoms with Crippen LogP contribution in [0.1, 0.15) is 31.2 Å². The predicted octanol–water partition coefficient (Wildman–Crippen LogP) is 2.87. The number of fused-ring (bicyclic) bond motifs is 1. The molecule has 0 unspecified atom stereocenters. The van der Waals surface area contributed by atoms with Crippen LogP contribution in [0.3, 0.4) is 0 Å². The van der Waals surface area contributed by atoms with Crippen LogP contribution in [-0.2, 0) is 23.1 Å². The second-order valence-electron chi connectivity index (χ2n) is 7.06. The second kappa shape index (κ2) is 8.28. The maximum absolute atomic E-state index is 12.5. The van der Waals surface area contributed by atoms with Gasteiger partial charge < -0.3 is 9.30 Å². The molecule has 0 amide bonds. The summed E-state index contributed by atoms with van der Waals surface area (Å²) >= 11 is 0. The molecular formula is C20H24N4O3S. The highest BCUT2D eigenvalue weighted by Gasteiger charge is 2.19. The maximum Gasteiger partial charge on any atom is 0.218 e. The summed E-state index contributed by atoms with van der Waals surface area (Å²) in [4.78, 5) is 8.59. The molecule has 1 saturated carbocycles. The fourth-order valence-corrected chi connectivity index (χ4v) is 4.45. The smallest absolute Gasteiger partial charge is 0.218 e. The largest absolute Gasteiger partial charge is 0.474 e. The molecule has 7 nitrogen and oxygen atoms in total. The van der Waals surface area contributed by atoms with E-state index in [4.69, 9.17) is 4.74 Å². The van der Waals surface area contributed by atoms with Crippen LogP contribution in [0.5, 0.6) is 5.88 Å². The number of rotatable bonds is 8. The van der Waals surface area contributed by atoms with Gasteiger partial charge in [0.1, 0.15) is 6.10 Å². The fraction of sp³-hybridized carbons (Fsp3) is 0.400. The quantitative estimate of drug-likeness (QED) is 0.628. The van der Waals surface area contributed by atoms with Crippen LogP contribution < -0.4 is 9.46 Å². The third-order valence-corrected chi connectivity index (χ3v) is 6.35. The summed E-state index contributed by atoms with van der Waals surface area (Å²) in [5.74, 6) is 0.504. The van der Waals surface area contributed by atoms with E-state index < -0.39 is 10.0 Å². The van der Waals surface area contributed by atoms with Gasteiger partial charge >= 0.3 is 0 Å². The van der Waals surface area contributed by atoms with Gasteiger partial charge in [0.25, 0.3) is 0 Å². The summed E-state index contributed by atoms with van der Waals surface area (Å²) < 4.78 is 35.5. The number of hydrogen-bond donors (Lipinski definition) is 1. The summed E-state index contributed by atoms with van der Waals surface area (Å²) in [6, 6.07) is 11.3. The predicted molar refractivity (Wildman–Crippen MR) is 107 cm³/mol. The highest BCUT2D eigenvalue weighted by molar-refractivity contribution is 7.89. The zero-order valence-electron chi connectivity index (χ0n) is 15.6. The number of para-hydroxylation sites is 2. The summed E-state index contributed by atoms with van der Waals surface area (Å²) in [5.41, 5.74) is 2.54. The van der Waals surface area contributed by atoms with Crippen molar-refractivity contribution < 1.29 is 13.2 Å². The number of aromatic nitrogens is 3. The van der Waals surface area contributed by atoms with Crippen molar-refractivity contribution in [3.8, 4) is 5.88 Å². The Morgan fingerprint density at radius 1 is 1.11 bits per heavy atom. The molecule has 0 aliphatic heterocycles. The molecule has 0 atom stereocenters. The van der Waals surface area contributed by atoms with E-state index in [0.29, 0.717) is 12.4 Å². The molecule has 28 heavy (non-hydrogen) atoms. The van der Waals surface area contributed by atoms with Crippen LogP contribution in [0.2, 0.25) is 0 Å². The van der Waals surface area contributed by atoms with Crippen LogP contribution in [0, 0.1) is 0 Å². The van der Waals surface area contributed by atoms with E-state index in [1.807, 2.05) is 34.9 Å². The average Bonchev–Trinajstić information content (AvgIpc) is 3.36. The molecule has 3 aromatic rings. The van der Waals surface area contributed by atoms with E-state index in [2.05, 4.69) is 14.7 Å². The Balaban J connectivity index is 1.37. The lowest BCUT2D eigenvalue weighted by molar-refractivity contribution is 0.199. The Labute approximate surface area is 164 Å². The minimum Gasteiger partial charge on any atom is -0.474 e. The highest BCUT2D eigenvalue weighted by atomic mass is 32.2. The number of imidazole rings is 1. The molecule has 148 valence electrons. The molecule has 0 bridgehead atoms. The van der Waals surface area contributed by atoms with Gasteiger partial charge in [-0.3, -0.25) is 0 Å². The van der Waals surface area contributed by atoms with Crippen LogP contribution in [0.15, 0.2) is 48.9 Å². The van der Waals surface area contributed by atoms with Gasteiger partial charge in [-0.1, -0.05) is 18.2 Å². The third kappa shape index (κ3) is 4.51. The van der Waals surface area contributed by atoms with Gasteiger partial charge in [0.05, 0.1) is 23.1 Å². The number of hydrogen-bond acceptors (Lipinski definition) is 5. The van der Waals surface area contributed by atoms with Crippen molar-refractivity contribution in [3.63, 3.8) is 0 Å². The first-order valence-electron chi connectivity index (χ1n) is 9.58. The second-order valence-corrected chi connectivity index (χ2v) is 8.99. The Hall–Kier alpha value is -2.45. The number of aryl methyl sites for hydroxylation is 1. The van der Waals surface area contributed by atoms with Gasteiger partial charge in [0, 0.05) is 24.8 Å². The summed E-state index contributed by atoms with van der Waals surface area (Å²) in [6.45, 7) is 0.511. The van der Waals surface area contributed by atoms with E-state index in [1.54, 1.807) is 18.6 Å². The Bertz CT molecular complexity index is 1040. The highest BCUT2D eigenvalue weighted by Crippen LogP contribution is 2.25. The van der Waals surface area contributed by atoms with Gasteiger partial charge in [-0.2, -0.15) is 0 Å². The minimum atomic E-state index is -3.45. The number of ether oxygens (including phenoxy) is 1. The zero-order valence-corrected chi connectivity index (χ0v) is 16.4. The molecule has 1 aromatic carbocycles. The van der Waals surface area contributed by atoms with E-state index in [-0.39, 0.29) is 18.4 Å². The third-order valence-electron chi connectivity index (χ3n) is 5.04. The molecule has 2 aromatic heterocycles. The molecule has 8 heteroatoms. The maximum atomic E-state index is 12.5. The fourth-order valence-electron chi connectivity index (χ4n) is 3.50. The van der Waals surface area contributed by atoms with E-state index >= 15 is 0 Å².